The van der Waals surface area contributed by atoms with Crippen LogP contribution >= 0.6 is 11.3 Å². The number of nitrogens with zero attached hydrogens (tertiary/aromatic N) is 5. The van der Waals surface area contributed by atoms with Crippen LogP contribution in [0.1, 0.15) is 12.5 Å². The van der Waals surface area contributed by atoms with Gasteiger partial charge in [0.25, 0.3) is 5.56 Å². The lowest BCUT2D eigenvalue weighted by molar-refractivity contribution is -0.121. The molecule has 0 bridgehead atoms. The summed E-state index contributed by atoms with van der Waals surface area (Å²) in [5.41, 5.74) is 1.04. The number of fused-ring (bicyclic) bond motifs is 1. The first-order chi connectivity index (χ1) is 16.0. The molecule has 33 heavy (non-hydrogen) atoms. The van der Waals surface area contributed by atoms with Gasteiger partial charge in [0, 0.05) is 32.7 Å². The molecule has 0 aliphatic carbocycles. The topological polar surface area (TPSA) is 102 Å². The van der Waals surface area contributed by atoms with E-state index in [4.69, 9.17) is 9.47 Å². The molecule has 1 amide bonds. The molecule has 1 aliphatic rings. The van der Waals surface area contributed by atoms with Crippen molar-refractivity contribution in [2.45, 2.75) is 20.0 Å². The molecule has 4 rings (SSSR count). The zero-order valence-electron chi connectivity index (χ0n) is 19.0. The SMILES string of the molecule is CCN1CCN(c2nc3ncn(CC(=O)NCc4ccc(OC)c(OC)c4)c(=O)c3s2)CC1. The Morgan fingerprint density at radius 3 is 2.61 bits per heavy atom. The number of anilines is 1. The van der Waals surface area contributed by atoms with Gasteiger partial charge in [-0.05, 0) is 24.2 Å². The van der Waals surface area contributed by atoms with Crippen molar-refractivity contribution >= 4 is 32.7 Å². The predicted molar refractivity (Wildman–Crippen MR) is 127 cm³/mol. The number of hydrogen-bond donors (Lipinski definition) is 1. The van der Waals surface area contributed by atoms with Crippen molar-refractivity contribution in [3.63, 3.8) is 0 Å². The number of carbonyl (C=O) groups is 1. The summed E-state index contributed by atoms with van der Waals surface area (Å²) in [5.74, 6) is 0.926. The number of carbonyl (C=O) groups excluding carboxylic acids is 1. The Morgan fingerprint density at radius 2 is 1.91 bits per heavy atom. The number of methoxy groups -OCH3 is 2. The summed E-state index contributed by atoms with van der Waals surface area (Å²) < 4.78 is 12.3. The maximum absolute atomic E-state index is 12.9. The number of benzene rings is 1. The number of thiazole rings is 1. The highest BCUT2D eigenvalue weighted by molar-refractivity contribution is 7.22. The molecule has 0 atom stereocenters. The van der Waals surface area contributed by atoms with Crippen LogP contribution in [0.3, 0.4) is 0 Å². The molecule has 3 heterocycles. The summed E-state index contributed by atoms with van der Waals surface area (Å²) in [6.45, 7) is 7.09. The van der Waals surface area contributed by atoms with E-state index in [1.54, 1.807) is 26.4 Å². The minimum Gasteiger partial charge on any atom is -0.493 e. The smallest absolute Gasteiger partial charge is 0.273 e. The average Bonchev–Trinajstić information content (AvgIpc) is 3.29. The highest BCUT2D eigenvalue weighted by Crippen LogP contribution is 2.28. The molecule has 1 saturated heterocycles. The van der Waals surface area contributed by atoms with E-state index in [0.29, 0.717) is 28.4 Å². The van der Waals surface area contributed by atoms with Gasteiger partial charge in [-0.1, -0.05) is 24.3 Å². The fourth-order valence-corrected chi connectivity index (χ4v) is 4.76. The Morgan fingerprint density at radius 1 is 1.15 bits per heavy atom. The molecule has 3 aromatic rings. The van der Waals surface area contributed by atoms with E-state index >= 15 is 0 Å². The molecule has 0 radical (unpaired) electrons. The third kappa shape index (κ3) is 5.09. The van der Waals surface area contributed by atoms with Gasteiger partial charge in [0.2, 0.25) is 5.91 Å². The lowest BCUT2D eigenvalue weighted by atomic mass is 10.2. The van der Waals surface area contributed by atoms with Crippen molar-refractivity contribution < 1.29 is 14.3 Å². The van der Waals surface area contributed by atoms with Crippen LogP contribution in [0.2, 0.25) is 0 Å². The van der Waals surface area contributed by atoms with E-state index in [1.807, 2.05) is 6.07 Å². The molecule has 0 spiro atoms. The maximum atomic E-state index is 12.9. The van der Waals surface area contributed by atoms with Crippen molar-refractivity contribution in [1.29, 1.82) is 0 Å². The quantitative estimate of drug-likeness (QED) is 0.524. The first kappa shape index (κ1) is 23.0. The van der Waals surface area contributed by atoms with Gasteiger partial charge in [-0.15, -0.1) is 0 Å². The zero-order chi connectivity index (χ0) is 23.4. The van der Waals surface area contributed by atoms with Gasteiger partial charge in [-0.25, -0.2) is 4.98 Å². The molecule has 10 nitrogen and oxygen atoms in total. The first-order valence-electron chi connectivity index (χ1n) is 10.8. The monoisotopic (exact) mass is 472 g/mol. The number of rotatable bonds is 8. The number of aromatic nitrogens is 3. The molecule has 1 fully saturated rings. The number of amides is 1. The van der Waals surface area contributed by atoms with Crippen LogP contribution in [0.15, 0.2) is 29.3 Å². The van der Waals surface area contributed by atoms with E-state index < -0.39 is 0 Å². The highest BCUT2D eigenvalue weighted by atomic mass is 32.1. The minimum atomic E-state index is -0.284. The van der Waals surface area contributed by atoms with Crippen LogP contribution in [0.5, 0.6) is 11.5 Å². The zero-order valence-corrected chi connectivity index (χ0v) is 19.9. The van der Waals surface area contributed by atoms with Gasteiger partial charge in [0.15, 0.2) is 22.3 Å². The number of nitrogens with one attached hydrogen (secondary N) is 1. The molecule has 0 saturated carbocycles. The third-order valence-electron chi connectivity index (χ3n) is 5.71. The Hall–Kier alpha value is -3.18. The van der Waals surface area contributed by atoms with Crippen molar-refractivity contribution in [3.8, 4) is 11.5 Å². The van der Waals surface area contributed by atoms with Gasteiger partial charge in [0.05, 0.1) is 14.2 Å². The van der Waals surface area contributed by atoms with E-state index in [9.17, 15) is 9.59 Å². The lowest BCUT2D eigenvalue weighted by Gasteiger charge is -2.33. The molecular weight excluding hydrogens is 444 g/mol. The second kappa shape index (κ2) is 10.2. The Balaban J connectivity index is 1.42. The second-order valence-corrected chi connectivity index (χ2v) is 8.69. The molecule has 176 valence electrons. The van der Waals surface area contributed by atoms with Crippen LogP contribution in [0, 0.1) is 0 Å². The van der Waals surface area contributed by atoms with Crippen LogP contribution in [0.4, 0.5) is 5.13 Å². The van der Waals surface area contributed by atoms with Crippen LogP contribution in [-0.4, -0.2) is 72.3 Å². The van der Waals surface area contributed by atoms with E-state index in [0.717, 1.165) is 43.4 Å². The van der Waals surface area contributed by atoms with Gasteiger partial charge in [-0.3, -0.25) is 14.2 Å². The van der Waals surface area contributed by atoms with Crippen LogP contribution in [-0.2, 0) is 17.9 Å². The summed E-state index contributed by atoms with van der Waals surface area (Å²) >= 11 is 1.34. The van der Waals surface area contributed by atoms with E-state index in [-0.39, 0.29) is 18.0 Å². The fourth-order valence-electron chi connectivity index (χ4n) is 3.74. The summed E-state index contributed by atoms with van der Waals surface area (Å²) in [6, 6.07) is 5.44. The normalized spacial score (nSPS) is 14.5. The Kier molecular flexibility index (Phi) is 7.09. The van der Waals surface area contributed by atoms with Crippen LogP contribution in [0.25, 0.3) is 10.3 Å². The lowest BCUT2D eigenvalue weighted by Crippen LogP contribution is -2.46. The molecule has 1 aromatic carbocycles. The number of ether oxygens (including phenoxy) is 2. The highest BCUT2D eigenvalue weighted by Gasteiger charge is 2.20. The molecular formula is C22H28N6O4S. The average molecular weight is 473 g/mol. The molecule has 1 aliphatic heterocycles. The first-order valence-corrected chi connectivity index (χ1v) is 11.6. The van der Waals surface area contributed by atoms with Gasteiger partial charge in [0.1, 0.15) is 17.6 Å². The largest absolute Gasteiger partial charge is 0.493 e. The predicted octanol–water partition coefficient (Wildman–Crippen LogP) is 1.33. The number of hydrogen-bond acceptors (Lipinski definition) is 9. The summed E-state index contributed by atoms with van der Waals surface area (Å²) in [7, 11) is 3.13. The molecule has 2 aromatic heterocycles. The summed E-state index contributed by atoms with van der Waals surface area (Å²) in [5, 5.41) is 3.64. The Bertz CT molecular complexity index is 1190. The standard InChI is InChI=1S/C22H28N6O4S/c1-4-26-7-9-27(10-8-26)22-25-20-19(33-22)21(30)28(14-24-20)13-18(29)23-12-15-5-6-16(31-2)17(11-15)32-3/h5-6,11,14H,4,7-10,12-13H2,1-3H3,(H,23,29). The fraction of sp³-hybridized carbons (Fsp3) is 0.455. The van der Waals surface area contributed by atoms with Crippen molar-refractivity contribution in [2.75, 3.05) is 51.8 Å². The third-order valence-corrected chi connectivity index (χ3v) is 6.81. The molecule has 0 unspecified atom stereocenters. The maximum Gasteiger partial charge on any atom is 0.273 e. The number of piperazine rings is 1. The van der Waals surface area contributed by atoms with Gasteiger partial charge >= 0.3 is 0 Å². The van der Waals surface area contributed by atoms with Crippen molar-refractivity contribution in [2.24, 2.45) is 0 Å². The minimum absolute atomic E-state index is 0.114. The Labute approximate surface area is 195 Å². The van der Waals surface area contributed by atoms with E-state index in [2.05, 4.69) is 32.0 Å². The van der Waals surface area contributed by atoms with Crippen LogP contribution < -0.4 is 25.2 Å². The van der Waals surface area contributed by atoms with E-state index in [1.165, 1.54) is 22.2 Å². The second-order valence-electron chi connectivity index (χ2n) is 7.71. The van der Waals surface area contributed by atoms with Gasteiger partial charge in [-0.2, -0.15) is 4.98 Å². The molecule has 1 N–H and O–H groups in total. The van der Waals surface area contributed by atoms with Crippen molar-refractivity contribution in [1.82, 2.24) is 24.8 Å². The summed E-state index contributed by atoms with van der Waals surface area (Å²) in [6.07, 6.45) is 1.39. The molecule has 11 heteroatoms. The number of likely N-dealkylation sites (N-methyl/N-ethyl adjacent to an activating group) is 1. The van der Waals surface area contributed by atoms with Crippen molar-refractivity contribution in [3.05, 3.63) is 40.4 Å². The van der Waals surface area contributed by atoms with Gasteiger partial charge < -0.3 is 24.6 Å². The summed E-state index contributed by atoms with van der Waals surface area (Å²) in [4.78, 5) is 38.9.